The van der Waals surface area contributed by atoms with Crippen molar-refractivity contribution in [2.75, 3.05) is 12.0 Å². The minimum absolute atomic E-state index is 0.0423. The van der Waals surface area contributed by atoms with E-state index in [-0.39, 0.29) is 24.1 Å². The molecular formula is C14H28N2O3S. The Labute approximate surface area is 122 Å². The summed E-state index contributed by atoms with van der Waals surface area (Å²) in [6.07, 6.45) is 8.67. The average molecular weight is 304 g/mol. The summed E-state index contributed by atoms with van der Waals surface area (Å²) in [6.45, 7) is 2.02. The molecule has 0 radical (unpaired) electrons. The van der Waals surface area contributed by atoms with Crippen LogP contribution in [0.15, 0.2) is 0 Å². The van der Waals surface area contributed by atoms with Crippen LogP contribution in [0.1, 0.15) is 51.9 Å². The van der Waals surface area contributed by atoms with Crippen molar-refractivity contribution in [1.82, 2.24) is 5.32 Å². The zero-order chi connectivity index (χ0) is 15.2. The van der Waals surface area contributed by atoms with E-state index in [1.54, 1.807) is 0 Å². The second-order valence-electron chi connectivity index (χ2n) is 6.07. The molecule has 0 aromatic rings. The molecule has 0 heterocycles. The molecule has 0 saturated heterocycles. The Bertz CT molecular complexity index is 401. The lowest BCUT2D eigenvalue weighted by molar-refractivity contribution is -0.123. The molecule has 6 heteroatoms. The van der Waals surface area contributed by atoms with Gasteiger partial charge in [-0.3, -0.25) is 4.79 Å². The third-order valence-corrected chi connectivity index (χ3v) is 5.09. The van der Waals surface area contributed by atoms with E-state index < -0.39 is 15.9 Å². The molecular weight excluding hydrogens is 276 g/mol. The first-order valence-corrected chi connectivity index (χ1v) is 9.59. The molecule has 1 saturated carbocycles. The molecule has 1 amide bonds. The summed E-state index contributed by atoms with van der Waals surface area (Å²) in [7, 11) is -3.07. The molecule has 1 unspecified atom stereocenters. The van der Waals surface area contributed by atoms with Crippen LogP contribution >= 0.6 is 0 Å². The van der Waals surface area contributed by atoms with Crippen LogP contribution in [0.3, 0.4) is 0 Å². The molecule has 1 rings (SSSR count). The summed E-state index contributed by atoms with van der Waals surface area (Å²) in [6, 6.07) is -0.622. The molecule has 0 spiro atoms. The Hall–Kier alpha value is -0.620. The number of carbonyl (C=O) groups excluding carboxylic acids is 1. The average Bonchev–Trinajstić information content (AvgIpc) is 2.63. The summed E-state index contributed by atoms with van der Waals surface area (Å²) in [5, 5.41) is 2.95. The van der Waals surface area contributed by atoms with E-state index in [0.29, 0.717) is 5.92 Å². The van der Waals surface area contributed by atoms with Crippen LogP contribution in [-0.4, -0.2) is 38.4 Å². The number of nitrogens with two attached hydrogens (primary N) is 1. The highest BCUT2D eigenvalue weighted by Gasteiger charge is 2.23. The maximum absolute atomic E-state index is 12.0. The second kappa shape index (κ2) is 7.98. The maximum Gasteiger partial charge on any atom is 0.237 e. The van der Waals surface area contributed by atoms with Gasteiger partial charge in [0.25, 0.3) is 0 Å². The van der Waals surface area contributed by atoms with Crippen molar-refractivity contribution in [2.45, 2.75) is 64.0 Å². The Morgan fingerprint density at radius 3 is 2.30 bits per heavy atom. The van der Waals surface area contributed by atoms with Gasteiger partial charge in [-0.05, 0) is 32.1 Å². The fourth-order valence-corrected chi connectivity index (χ4v) is 3.41. The minimum Gasteiger partial charge on any atom is -0.352 e. The molecule has 0 aromatic heterocycles. The van der Waals surface area contributed by atoms with Crippen molar-refractivity contribution in [2.24, 2.45) is 11.7 Å². The monoisotopic (exact) mass is 304 g/mol. The van der Waals surface area contributed by atoms with Crippen molar-refractivity contribution in [3.63, 3.8) is 0 Å². The van der Waals surface area contributed by atoms with Crippen LogP contribution in [0, 0.1) is 5.92 Å². The first kappa shape index (κ1) is 17.4. The van der Waals surface area contributed by atoms with Crippen LogP contribution in [-0.2, 0) is 14.6 Å². The summed E-state index contributed by atoms with van der Waals surface area (Å²) in [4.78, 5) is 12.0. The zero-order valence-electron chi connectivity index (χ0n) is 12.6. The van der Waals surface area contributed by atoms with Crippen molar-refractivity contribution >= 4 is 15.7 Å². The number of hydrogen-bond acceptors (Lipinski definition) is 4. The third-order valence-electron chi connectivity index (χ3n) is 4.11. The van der Waals surface area contributed by atoms with Crippen molar-refractivity contribution < 1.29 is 13.2 Å². The van der Waals surface area contributed by atoms with Gasteiger partial charge in [0.15, 0.2) is 0 Å². The number of amides is 1. The van der Waals surface area contributed by atoms with Gasteiger partial charge in [-0.2, -0.15) is 0 Å². The highest BCUT2D eigenvalue weighted by atomic mass is 32.2. The van der Waals surface area contributed by atoms with Crippen LogP contribution in [0.25, 0.3) is 0 Å². The van der Waals surface area contributed by atoms with Gasteiger partial charge in [0.1, 0.15) is 9.84 Å². The van der Waals surface area contributed by atoms with E-state index >= 15 is 0 Å². The number of nitrogens with one attached hydrogen (secondary N) is 1. The molecule has 1 aliphatic carbocycles. The van der Waals surface area contributed by atoms with Crippen LogP contribution in [0.5, 0.6) is 0 Å². The maximum atomic E-state index is 12.0. The standard InChI is InChI=1S/C14H28N2O3S/c1-11(12-7-5-3-4-6-8-12)16-14(17)13(15)9-10-20(2,18)19/h11-13H,3-10,15H2,1-2H3,(H,16,17)/t11-,13?/m0/s1. The third kappa shape index (κ3) is 6.70. The van der Waals surface area contributed by atoms with Crippen LogP contribution in [0.4, 0.5) is 0 Å². The first-order chi connectivity index (χ1) is 9.29. The number of rotatable bonds is 6. The van der Waals surface area contributed by atoms with E-state index in [2.05, 4.69) is 5.32 Å². The lowest BCUT2D eigenvalue weighted by Crippen LogP contribution is -2.47. The van der Waals surface area contributed by atoms with Crippen molar-refractivity contribution in [3.05, 3.63) is 0 Å². The number of carbonyl (C=O) groups is 1. The lowest BCUT2D eigenvalue weighted by atomic mass is 9.93. The Kier molecular flexibility index (Phi) is 6.95. The van der Waals surface area contributed by atoms with E-state index in [1.165, 1.54) is 25.7 Å². The largest absolute Gasteiger partial charge is 0.352 e. The lowest BCUT2D eigenvalue weighted by Gasteiger charge is -2.25. The van der Waals surface area contributed by atoms with Crippen LogP contribution < -0.4 is 11.1 Å². The Morgan fingerprint density at radius 1 is 1.25 bits per heavy atom. The number of sulfone groups is 1. The van der Waals surface area contributed by atoms with Gasteiger partial charge >= 0.3 is 0 Å². The molecule has 2 atom stereocenters. The van der Waals surface area contributed by atoms with E-state index in [4.69, 9.17) is 5.73 Å². The first-order valence-electron chi connectivity index (χ1n) is 7.53. The van der Waals surface area contributed by atoms with E-state index in [9.17, 15) is 13.2 Å². The van der Waals surface area contributed by atoms with Gasteiger partial charge < -0.3 is 11.1 Å². The predicted molar refractivity (Wildman–Crippen MR) is 81.1 cm³/mol. The van der Waals surface area contributed by atoms with Crippen molar-refractivity contribution in [3.8, 4) is 0 Å². The minimum atomic E-state index is -3.07. The van der Waals surface area contributed by atoms with Gasteiger partial charge in [-0.15, -0.1) is 0 Å². The topological polar surface area (TPSA) is 89.3 Å². The van der Waals surface area contributed by atoms with Gasteiger partial charge in [-0.1, -0.05) is 25.7 Å². The van der Waals surface area contributed by atoms with Gasteiger partial charge in [0.2, 0.25) is 5.91 Å². The zero-order valence-corrected chi connectivity index (χ0v) is 13.4. The van der Waals surface area contributed by atoms with Gasteiger partial charge in [0.05, 0.1) is 11.8 Å². The molecule has 20 heavy (non-hydrogen) atoms. The Balaban J connectivity index is 2.39. The normalized spacial score (nSPS) is 20.9. The molecule has 3 N–H and O–H groups in total. The van der Waals surface area contributed by atoms with Crippen molar-refractivity contribution in [1.29, 1.82) is 0 Å². The molecule has 0 bridgehead atoms. The second-order valence-corrected chi connectivity index (χ2v) is 8.33. The SMILES string of the molecule is C[C@H](NC(=O)C(N)CCS(C)(=O)=O)C1CCCCCC1. The summed E-state index contributed by atoms with van der Waals surface area (Å²) in [5.41, 5.74) is 5.76. The summed E-state index contributed by atoms with van der Waals surface area (Å²) >= 11 is 0. The Morgan fingerprint density at radius 2 is 1.80 bits per heavy atom. The molecule has 1 fully saturated rings. The number of hydrogen-bond donors (Lipinski definition) is 2. The highest BCUT2D eigenvalue weighted by Crippen LogP contribution is 2.25. The quantitative estimate of drug-likeness (QED) is 0.722. The highest BCUT2D eigenvalue weighted by molar-refractivity contribution is 7.90. The predicted octanol–water partition coefficient (Wildman–Crippen LogP) is 1.22. The van der Waals surface area contributed by atoms with Gasteiger partial charge in [0, 0.05) is 12.3 Å². The van der Waals surface area contributed by atoms with Crippen LogP contribution in [0.2, 0.25) is 0 Å². The fraction of sp³-hybridized carbons (Fsp3) is 0.929. The summed E-state index contributed by atoms with van der Waals surface area (Å²) in [5.74, 6) is 0.244. The summed E-state index contributed by atoms with van der Waals surface area (Å²) < 4.78 is 22.2. The smallest absolute Gasteiger partial charge is 0.237 e. The fourth-order valence-electron chi connectivity index (χ4n) is 2.73. The molecule has 5 nitrogen and oxygen atoms in total. The van der Waals surface area contributed by atoms with Gasteiger partial charge in [-0.25, -0.2) is 8.42 Å². The molecule has 1 aliphatic rings. The molecule has 0 aliphatic heterocycles. The van der Waals surface area contributed by atoms with E-state index in [0.717, 1.165) is 19.1 Å². The molecule has 118 valence electrons. The molecule has 0 aromatic carbocycles. The van der Waals surface area contributed by atoms with E-state index in [1.807, 2.05) is 6.92 Å².